The summed E-state index contributed by atoms with van der Waals surface area (Å²) in [5.41, 5.74) is 0.677. The summed E-state index contributed by atoms with van der Waals surface area (Å²) in [7, 11) is 0. The first kappa shape index (κ1) is 9.80. The first-order chi connectivity index (χ1) is 6.68. The monoisotopic (exact) mass is 228 g/mol. The van der Waals surface area contributed by atoms with Gasteiger partial charge < -0.3 is 4.90 Å². The van der Waals surface area contributed by atoms with E-state index in [-0.39, 0.29) is 11.2 Å². The van der Waals surface area contributed by atoms with Gasteiger partial charge in [0, 0.05) is 24.4 Å². The van der Waals surface area contributed by atoms with Crippen molar-refractivity contribution >= 4 is 35.8 Å². The van der Waals surface area contributed by atoms with Gasteiger partial charge in [0.1, 0.15) is 0 Å². The second kappa shape index (κ2) is 3.79. The summed E-state index contributed by atoms with van der Waals surface area (Å²) in [4.78, 5) is 17.1. The Labute approximate surface area is 92.5 Å². The van der Waals surface area contributed by atoms with Gasteiger partial charge in [0.05, 0.1) is 5.69 Å². The van der Waals surface area contributed by atoms with E-state index in [0.717, 1.165) is 0 Å². The number of aromatic nitrogens is 1. The van der Waals surface area contributed by atoms with Crippen LogP contribution >= 0.6 is 24.2 Å². The van der Waals surface area contributed by atoms with E-state index >= 15 is 0 Å². The molecule has 5 heteroatoms. The lowest BCUT2D eigenvalue weighted by atomic mass is 10.4. The molecule has 1 aliphatic heterocycles. The molecule has 1 saturated heterocycles. The van der Waals surface area contributed by atoms with Gasteiger partial charge in [0.15, 0.2) is 5.15 Å². The molecule has 0 radical (unpaired) electrons. The van der Waals surface area contributed by atoms with Gasteiger partial charge >= 0.3 is 0 Å². The van der Waals surface area contributed by atoms with Crippen LogP contribution in [0.2, 0.25) is 5.15 Å². The molecule has 1 atom stereocenters. The summed E-state index contributed by atoms with van der Waals surface area (Å²) in [6.07, 6.45) is 2.07. The first-order valence-electron chi connectivity index (χ1n) is 4.27. The number of anilines is 1. The largest absolute Gasteiger partial charge is 0.308 e. The van der Waals surface area contributed by atoms with E-state index in [1.54, 1.807) is 23.2 Å². The van der Waals surface area contributed by atoms with Crippen molar-refractivity contribution < 1.29 is 4.79 Å². The molecule has 0 bridgehead atoms. The standard InChI is InChI=1S/C9H9ClN2OS/c10-9-7(2-1-3-11-9)12-5-6(14)4-8(12)13/h1-3,6,14H,4-5H2. The Balaban J connectivity index is 2.32. The van der Waals surface area contributed by atoms with Crippen LogP contribution in [0.25, 0.3) is 0 Å². The number of thiol groups is 1. The molecule has 1 aliphatic rings. The molecule has 2 heterocycles. The van der Waals surface area contributed by atoms with Crippen molar-refractivity contribution in [2.75, 3.05) is 11.4 Å². The summed E-state index contributed by atoms with van der Waals surface area (Å²) < 4.78 is 0. The lowest BCUT2D eigenvalue weighted by molar-refractivity contribution is -0.117. The maximum Gasteiger partial charge on any atom is 0.228 e. The van der Waals surface area contributed by atoms with Crippen LogP contribution in [0.3, 0.4) is 0 Å². The number of hydrogen-bond acceptors (Lipinski definition) is 3. The van der Waals surface area contributed by atoms with Gasteiger partial charge in [-0.15, -0.1) is 0 Å². The van der Waals surface area contributed by atoms with Gasteiger partial charge in [-0.2, -0.15) is 12.6 Å². The second-order valence-corrected chi connectivity index (χ2v) is 4.26. The van der Waals surface area contributed by atoms with Gasteiger partial charge in [-0.3, -0.25) is 4.79 Å². The van der Waals surface area contributed by atoms with E-state index in [4.69, 9.17) is 11.6 Å². The molecule has 1 aromatic heterocycles. The Hall–Kier alpha value is -0.740. The van der Waals surface area contributed by atoms with Crippen LogP contribution in [-0.2, 0) is 4.79 Å². The molecule has 74 valence electrons. The molecule has 14 heavy (non-hydrogen) atoms. The minimum atomic E-state index is 0.0555. The van der Waals surface area contributed by atoms with Crippen LogP contribution < -0.4 is 4.90 Å². The van der Waals surface area contributed by atoms with Gasteiger partial charge in [-0.05, 0) is 12.1 Å². The lowest BCUT2D eigenvalue weighted by Crippen LogP contribution is -2.25. The third-order valence-corrected chi connectivity index (χ3v) is 2.77. The number of nitrogens with zero attached hydrogens (tertiary/aromatic N) is 2. The van der Waals surface area contributed by atoms with Crippen molar-refractivity contribution in [2.24, 2.45) is 0 Å². The predicted octanol–water partition coefficient (Wildman–Crippen LogP) is 1.77. The second-order valence-electron chi connectivity index (χ2n) is 3.18. The van der Waals surface area contributed by atoms with Crippen molar-refractivity contribution in [3.05, 3.63) is 23.5 Å². The van der Waals surface area contributed by atoms with Crippen LogP contribution in [0.5, 0.6) is 0 Å². The normalized spacial score (nSPS) is 21.7. The fraction of sp³-hybridized carbons (Fsp3) is 0.333. The molecule has 2 rings (SSSR count). The highest BCUT2D eigenvalue weighted by molar-refractivity contribution is 7.81. The fourth-order valence-corrected chi connectivity index (χ4v) is 2.04. The number of pyridine rings is 1. The predicted molar refractivity (Wildman–Crippen MR) is 59.0 cm³/mol. The molecule has 1 amide bonds. The summed E-state index contributed by atoms with van der Waals surface area (Å²) in [5, 5.41) is 0.460. The van der Waals surface area contributed by atoms with E-state index in [1.165, 1.54) is 0 Å². The van der Waals surface area contributed by atoms with Crippen molar-refractivity contribution in [1.82, 2.24) is 4.98 Å². The Morgan fingerprint density at radius 3 is 3.00 bits per heavy atom. The molecule has 0 aliphatic carbocycles. The highest BCUT2D eigenvalue weighted by Gasteiger charge is 2.29. The van der Waals surface area contributed by atoms with Gasteiger partial charge in [-0.1, -0.05) is 11.6 Å². The van der Waals surface area contributed by atoms with Crippen molar-refractivity contribution in [3.63, 3.8) is 0 Å². The fourth-order valence-electron chi connectivity index (χ4n) is 1.50. The first-order valence-corrected chi connectivity index (χ1v) is 5.17. The molecular weight excluding hydrogens is 220 g/mol. The number of carbonyl (C=O) groups is 1. The van der Waals surface area contributed by atoms with Crippen molar-refractivity contribution in [2.45, 2.75) is 11.7 Å². The van der Waals surface area contributed by atoms with Crippen LogP contribution in [0, 0.1) is 0 Å². The van der Waals surface area contributed by atoms with Gasteiger partial charge in [-0.25, -0.2) is 4.98 Å². The SMILES string of the molecule is O=C1CC(S)CN1c1cccnc1Cl. The zero-order valence-corrected chi connectivity index (χ0v) is 9.00. The van der Waals surface area contributed by atoms with Crippen LogP contribution in [-0.4, -0.2) is 22.7 Å². The summed E-state index contributed by atoms with van der Waals surface area (Å²) in [6.45, 7) is 0.605. The Morgan fingerprint density at radius 2 is 2.43 bits per heavy atom. The van der Waals surface area contributed by atoms with E-state index in [0.29, 0.717) is 23.8 Å². The summed E-state index contributed by atoms with van der Waals surface area (Å²) >= 11 is 10.2. The molecule has 0 spiro atoms. The Bertz CT molecular complexity index is 372. The van der Waals surface area contributed by atoms with Gasteiger partial charge in [0.2, 0.25) is 5.91 Å². The molecule has 1 unspecified atom stereocenters. The zero-order chi connectivity index (χ0) is 10.1. The maximum atomic E-state index is 11.5. The highest BCUT2D eigenvalue weighted by Crippen LogP contribution is 2.28. The van der Waals surface area contributed by atoms with Gasteiger partial charge in [0.25, 0.3) is 0 Å². The number of halogens is 1. The Morgan fingerprint density at radius 1 is 1.64 bits per heavy atom. The third kappa shape index (κ3) is 1.72. The molecule has 0 saturated carbocycles. The average molecular weight is 229 g/mol. The van der Waals surface area contributed by atoms with E-state index in [1.807, 2.05) is 0 Å². The van der Waals surface area contributed by atoms with E-state index < -0.39 is 0 Å². The number of hydrogen-bond donors (Lipinski definition) is 1. The lowest BCUT2D eigenvalue weighted by Gasteiger charge is -2.16. The molecule has 0 N–H and O–H groups in total. The minimum Gasteiger partial charge on any atom is -0.308 e. The number of carbonyl (C=O) groups excluding carboxylic acids is 1. The number of rotatable bonds is 1. The molecule has 0 aromatic carbocycles. The van der Waals surface area contributed by atoms with E-state index in [9.17, 15) is 4.79 Å². The highest BCUT2D eigenvalue weighted by atomic mass is 35.5. The molecular formula is C9H9ClN2OS. The van der Waals surface area contributed by atoms with Crippen LogP contribution in [0.1, 0.15) is 6.42 Å². The van der Waals surface area contributed by atoms with Crippen LogP contribution in [0.4, 0.5) is 5.69 Å². The van der Waals surface area contributed by atoms with E-state index in [2.05, 4.69) is 17.6 Å². The summed E-state index contributed by atoms with van der Waals surface area (Å²) in [6, 6.07) is 3.55. The molecule has 3 nitrogen and oxygen atoms in total. The van der Waals surface area contributed by atoms with Crippen LogP contribution in [0.15, 0.2) is 18.3 Å². The van der Waals surface area contributed by atoms with Crippen molar-refractivity contribution in [1.29, 1.82) is 0 Å². The maximum absolute atomic E-state index is 11.5. The minimum absolute atomic E-state index is 0.0555. The average Bonchev–Trinajstić information content (AvgIpc) is 2.46. The number of amides is 1. The topological polar surface area (TPSA) is 33.2 Å². The quantitative estimate of drug-likeness (QED) is 0.587. The zero-order valence-electron chi connectivity index (χ0n) is 7.35. The van der Waals surface area contributed by atoms with Crippen molar-refractivity contribution in [3.8, 4) is 0 Å². The Kier molecular flexibility index (Phi) is 2.65. The summed E-state index contributed by atoms with van der Waals surface area (Å²) in [5.74, 6) is 0.0555. The molecule has 1 fully saturated rings. The molecule has 1 aromatic rings. The third-order valence-electron chi connectivity index (χ3n) is 2.13. The smallest absolute Gasteiger partial charge is 0.228 e.